The Morgan fingerprint density at radius 2 is 1.47 bits per heavy atom. The number of hydrogen-bond acceptors (Lipinski definition) is 4. The van der Waals surface area contributed by atoms with Crippen molar-refractivity contribution < 1.29 is 18.0 Å². The molecule has 4 aromatic rings. The summed E-state index contributed by atoms with van der Waals surface area (Å²) in [6, 6.07) is 29.8. The molecule has 0 spiro atoms. The molecule has 236 valence electrons. The van der Waals surface area contributed by atoms with Gasteiger partial charge in [0.25, 0.3) is 10.0 Å². The Labute approximate surface area is 275 Å². The Balaban J connectivity index is 1.81. The molecule has 45 heavy (non-hydrogen) atoms. The van der Waals surface area contributed by atoms with Crippen LogP contribution >= 0.6 is 15.9 Å². The van der Waals surface area contributed by atoms with E-state index >= 15 is 0 Å². The van der Waals surface area contributed by atoms with Crippen LogP contribution in [0, 0.1) is 13.8 Å². The molecule has 0 heterocycles. The molecule has 0 fully saturated rings. The molecule has 0 aliphatic rings. The third-order valence-corrected chi connectivity index (χ3v) is 10.1. The highest BCUT2D eigenvalue weighted by Gasteiger charge is 2.35. The number of aryl methyl sites for hydroxylation is 1. The van der Waals surface area contributed by atoms with E-state index in [-0.39, 0.29) is 23.8 Å². The number of hydrogen-bond donors (Lipinski definition) is 1. The topological polar surface area (TPSA) is 86.8 Å². The van der Waals surface area contributed by atoms with Gasteiger partial charge in [0.1, 0.15) is 12.6 Å². The zero-order valence-corrected chi connectivity index (χ0v) is 28.4. The van der Waals surface area contributed by atoms with E-state index in [0.29, 0.717) is 12.2 Å². The number of nitrogens with one attached hydrogen (secondary N) is 1. The van der Waals surface area contributed by atoms with E-state index in [2.05, 4.69) is 21.2 Å². The van der Waals surface area contributed by atoms with Crippen LogP contribution < -0.4 is 9.62 Å². The molecule has 2 amide bonds. The van der Waals surface area contributed by atoms with Gasteiger partial charge in [0.2, 0.25) is 11.8 Å². The number of anilines is 1. The molecule has 7 nitrogen and oxygen atoms in total. The van der Waals surface area contributed by atoms with Crippen molar-refractivity contribution in [3.63, 3.8) is 0 Å². The van der Waals surface area contributed by atoms with E-state index in [1.165, 1.54) is 21.3 Å². The number of unbranched alkanes of at least 4 members (excludes halogenated alkanes) is 1. The molecule has 0 aliphatic heterocycles. The van der Waals surface area contributed by atoms with E-state index < -0.39 is 28.5 Å². The highest BCUT2D eigenvalue weighted by molar-refractivity contribution is 9.10. The third kappa shape index (κ3) is 8.83. The normalized spacial score (nSPS) is 11.9. The first-order chi connectivity index (χ1) is 21.6. The van der Waals surface area contributed by atoms with Crippen LogP contribution in [0.3, 0.4) is 0 Å². The predicted octanol–water partition coefficient (Wildman–Crippen LogP) is 6.82. The monoisotopic (exact) mass is 689 g/mol. The van der Waals surface area contributed by atoms with Crippen molar-refractivity contribution >= 4 is 43.5 Å². The van der Waals surface area contributed by atoms with Gasteiger partial charge in [0.05, 0.1) is 10.6 Å². The summed E-state index contributed by atoms with van der Waals surface area (Å²) < 4.78 is 30.4. The lowest BCUT2D eigenvalue weighted by molar-refractivity contribution is -0.140. The molecule has 0 aromatic heterocycles. The van der Waals surface area contributed by atoms with Crippen LogP contribution in [0.5, 0.6) is 0 Å². The summed E-state index contributed by atoms with van der Waals surface area (Å²) in [6.45, 7) is 5.93. The number of benzene rings is 4. The van der Waals surface area contributed by atoms with Gasteiger partial charge in [-0.3, -0.25) is 13.9 Å². The van der Waals surface area contributed by atoms with E-state index in [0.717, 1.165) is 39.6 Å². The highest BCUT2D eigenvalue weighted by atomic mass is 79.9. The van der Waals surface area contributed by atoms with Crippen LogP contribution in [0.2, 0.25) is 0 Å². The van der Waals surface area contributed by atoms with Crippen LogP contribution in [-0.2, 0) is 32.6 Å². The van der Waals surface area contributed by atoms with Crippen molar-refractivity contribution in [1.29, 1.82) is 0 Å². The van der Waals surface area contributed by atoms with Crippen LogP contribution in [0.25, 0.3) is 0 Å². The smallest absolute Gasteiger partial charge is 0.264 e. The summed E-state index contributed by atoms with van der Waals surface area (Å²) in [5.41, 5.74) is 3.78. The summed E-state index contributed by atoms with van der Waals surface area (Å²) in [6.07, 6.45) is 1.99. The molecule has 4 aromatic carbocycles. The molecular formula is C36H40BrN3O4S. The molecule has 0 unspecified atom stereocenters. The van der Waals surface area contributed by atoms with Crippen molar-refractivity contribution in [3.8, 4) is 0 Å². The molecule has 1 atom stereocenters. The summed E-state index contributed by atoms with van der Waals surface area (Å²) in [7, 11) is -4.14. The van der Waals surface area contributed by atoms with E-state index in [4.69, 9.17) is 0 Å². The second-order valence-corrected chi connectivity index (χ2v) is 13.8. The van der Waals surface area contributed by atoms with Gasteiger partial charge in [-0.2, -0.15) is 0 Å². The van der Waals surface area contributed by atoms with Crippen LogP contribution in [0.4, 0.5) is 5.69 Å². The molecule has 0 bridgehead atoms. The summed E-state index contributed by atoms with van der Waals surface area (Å²) >= 11 is 3.47. The van der Waals surface area contributed by atoms with Crippen LogP contribution in [0.1, 0.15) is 42.0 Å². The van der Waals surface area contributed by atoms with Gasteiger partial charge >= 0.3 is 0 Å². The van der Waals surface area contributed by atoms with Crippen molar-refractivity contribution in [2.24, 2.45) is 0 Å². The summed E-state index contributed by atoms with van der Waals surface area (Å²) in [4.78, 5) is 30.0. The van der Waals surface area contributed by atoms with Crippen molar-refractivity contribution in [2.75, 3.05) is 17.4 Å². The van der Waals surface area contributed by atoms with Gasteiger partial charge in [0, 0.05) is 24.0 Å². The van der Waals surface area contributed by atoms with E-state index in [1.807, 2.05) is 81.4 Å². The van der Waals surface area contributed by atoms with Crippen molar-refractivity contribution in [2.45, 2.75) is 57.5 Å². The first kappa shape index (κ1) is 33.9. The SMILES string of the molecule is CCCCNC(=O)[C@@H](Cc1ccccc1)N(Cc1ccc(Br)cc1)C(=O)CN(c1cccc(C)c1C)S(=O)(=O)c1ccccc1. The second kappa shape index (κ2) is 15.9. The zero-order chi connectivity index (χ0) is 32.4. The first-order valence-electron chi connectivity index (χ1n) is 15.1. The first-order valence-corrected chi connectivity index (χ1v) is 17.3. The number of carbonyl (C=O) groups excluding carboxylic acids is 2. The average Bonchev–Trinajstić information content (AvgIpc) is 3.04. The highest BCUT2D eigenvalue weighted by Crippen LogP contribution is 2.29. The predicted molar refractivity (Wildman–Crippen MR) is 183 cm³/mol. The maximum Gasteiger partial charge on any atom is 0.264 e. The average molecular weight is 691 g/mol. The molecule has 0 saturated heterocycles. The molecule has 0 aliphatic carbocycles. The summed E-state index contributed by atoms with van der Waals surface area (Å²) in [5, 5.41) is 3.02. The third-order valence-electron chi connectivity index (χ3n) is 7.82. The lowest BCUT2D eigenvalue weighted by Crippen LogP contribution is -2.53. The minimum Gasteiger partial charge on any atom is -0.354 e. The van der Waals surface area contributed by atoms with Gasteiger partial charge < -0.3 is 10.2 Å². The van der Waals surface area contributed by atoms with Gasteiger partial charge in [-0.05, 0) is 72.9 Å². The second-order valence-electron chi connectivity index (χ2n) is 11.0. The number of carbonyl (C=O) groups is 2. The van der Waals surface area contributed by atoms with Gasteiger partial charge in [0.15, 0.2) is 0 Å². The Kier molecular flexibility index (Phi) is 12.0. The Morgan fingerprint density at radius 1 is 0.822 bits per heavy atom. The molecule has 0 saturated carbocycles. The van der Waals surface area contributed by atoms with Crippen LogP contribution in [-0.4, -0.2) is 44.3 Å². The Morgan fingerprint density at radius 3 is 2.11 bits per heavy atom. The molecule has 1 N–H and O–H groups in total. The standard InChI is InChI=1S/C36H40BrN3O4S/c1-4-5-23-38-36(42)34(24-29-14-8-6-9-15-29)39(25-30-19-21-31(37)22-20-30)35(41)26-40(33-18-12-13-27(2)28(33)3)45(43,44)32-16-10-7-11-17-32/h6-22,34H,4-5,23-26H2,1-3H3,(H,38,42)/t34-/m1/s1. The minimum atomic E-state index is -4.14. The zero-order valence-electron chi connectivity index (χ0n) is 25.9. The molecule has 4 rings (SSSR count). The van der Waals surface area contributed by atoms with Crippen molar-refractivity contribution in [1.82, 2.24) is 10.2 Å². The van der Waals surface area contributed by atoms with Gasteiger partial charge in [-0.15, -0.1) is 0 Å². The maximum absolute atomic E-state index is 14.6. The Bertz CT molecular complexity index is 1680. The fourth-order valence-corrected chi connectivity index (χ4v) is 6.84. The quantitative estimate of drug-likeness (QED) is 0.147. The Hall–Kier alpha value is -3.95. The molecular weight excluding hydrogens is 650 g/mol. The molecule has 9 heteroatoms. The van der Waals surface area contributed by atoms with Crippen molar-refractivity contribution in [3.05, 3.63) is 130 Å². The lowest BCUT2D eigenvalue weighted by atomic mass is 10.0. The fourth-order valence-electron chi connectivity index (χ4n) is 5.09. The van der Waals surface area contributed by atoms with E-state index in [1.54, 1.807) is 30.3 Å². The van der Waals surface area contributed by atoms with Gasteiger partial charge in [-0.25, -0.2) is 8.42 Å². The summed E-state index contributed by atoms with van der Waals surface area (Å²) in [5.74, 6) is -0.758. The number of halogens is 1. The lowest BCUT2D eigenvalue weighted by Gasteiger charge is -2.34. The maximum atomic E-state index is 14.6. The number of sulfonamides is 1. The van der Waals surface area contributed by atoms with E-state index in [9.17, 15) is 18.0 Å². The minimum absolute atomic E-state index is 0.0799. The number of nitrogens with zero attached hydrogens (tertiary/aromatic N) is 2. The van der Waals surface area contributed by atoms with Gasteiger partial charge in [-0.1, -0.05) is 102 Å². The van der Waals surface area contributed by atoms with Crippen LogP contribution in [0.15, 0.2) is 112 Å². The molecule has 0 radical (unpaired) electrons. The number of rotatable bonds is 14. The largest absolute Gasteiger partial charge is 0.354 e. The number of amides is 2. The fraction of sp³-hybridized carbons (Fsp3) is 0.278.